The van der Waals surface area contributed by atoms with E-state index in [1.807, 2.05) is 0 Å². The second-order valence-corrected chi connectivity index (χ2v) is 8.64. The van der Waals surface area contributed by atoms with Crippen molar-refractivity contribution in [2.45, 2.75) is 36.7 Å². The standard InChI is InChI=1S/C15H21N3O4S/c19-15(11-3-5-16-9-11)17-6-4-14-13(10-17)18(7-8-22-14)23(20,21)12-1-2-12/h3,5,9,12-14,16H,1-2,4,6-8,10H2/t13-,14-/m0/s1. The van der Waals surface area contributed by atoms with E-state index in [1.54, 1.807) is 27.7 Å². The number of aromatic nitrogens is 1. The number of fused-ring (bicyclic) bond motifs is 1. The molecule has 0 aromatic carbocycles. The fourth-order valence-corrected chi connectivity index (χ4v) is 5.56. The smallest absolute Gasteiger partial charge is 0.255 e. The van der Waals surface area contributed by atoms with Gasteiger partial charge in [0.15, 0.2) is 0 Å². The first-order valence-corrected chi connectivity index (χ1v) is 9.62. The number of sulfonamides is 1. The Hall–Kier alpha value is -1.38. The van der Waals surface area contributed by atoms with Crippen molar-refractivity contribution in [3.63, 3.8) is 0 Å². The van der Waals surface area contributed by atoms with E-state index in [-0.39, 0.29) is 23.3 Å². The molecule has 2 saturated heterocycles. The molecule has 23 heavy (non-hydrogen) atoms. The Bertz CT molecular complexity index is 684. The average Bonchev–Trinajstić information content (AvgIpc) is 3.29. The average molecular weight is 339 g/mol. The molecule has 1 aromatic heterocycles. The number of hydrogen-bond acceptors (Lipinski definition) is 4. The lowest BCUT2D eigenvalue weighted by Crippen LogP contribution is -2.62. The summed E-state index contributed by atoms with van der Waals surface area (Å²) in [6.07, 6.45) is 5.47. The number of aromatic amines is 1. The Kier molecular flexibility index (Phi) is 3.70. The van der Waals surface area contributed by atoms with Crippen LogP contribution < -0.4 is 0 Å². The minimum absolute atomic E-state index is 0.0564. The molecule has 4 rings (SSSR count). The van der Waals surface area contributed by atoms with Crippen molar-refractivity contribution < 1.29 is 17.9 Å². The van der Waals surface area contributed by atoms with Crippen molar-refractivity contribution in [3.05, 3.63) is 24.0 Å². The predicted molar refractivity (Wildman–Crippen MR) is 83.5 cm³/mol. The highest BCUT2D eigenvalue weighted by molar-refractivity contribution is 7.90. The molecular weight excluding hydrogens is 318 g/mol. The summed E-state index contributed by atoms with van der Waals surface area (Å²) in [4.78, 5) is 17.2. The monoisotopic (exact) mass is 339 g/mol. The number of amides is 1. The molecule has 1 amide bonds. The van der Waals surface area contributed by atoms with Gasteiger partial charge in [-0.2, -0.15) is 4.31 Å². The molecule has 2 atom stereocenters. The number of carbonyl (C=O) groups excluding carboxylic acids is 1. The fraction of sp³-hybridized carbons (Fsp3) is 0.667. The van der Waals surface area contributed by atoms with Crippen LogP contribution in [0.2, 0.25) is 0 Å². The highest BCUT2D eigenvalue weighted by Crippen LogP contribution is 2.35. The van der Waals surface area contributed by atoms with Crippen LogP contribution in [0, 0.1) is 0 Å². The quantitative estimate of drug-likeness (QED) is 0.865. The van der Waals surface area contributed by atoms with E-state index >= 15 is 0 Å². The van der Waals surface area contributed by atoms with Crippen molar-refractivity contribution in [2.75, 3.05) is 26.2 Å². The number of nitrogens with one attached hydrogen (secondary N) is 1. The van der Waals surface area contributed by atoms with E-state index < -0.39 is 10.0 Å². The van der Waals surface area contributed by atoms with Crippen molar-refractivity contribution in [1.29, 1.82) is 0 Å². The maximum Gasteiger partial charge on any atom is 0.255 e. The normalized spacial score (nSPS) is 29.3. The second-order valence-electron chi connectivity index (χ2n) is 6.47. The molecule has 0 bridgehead atoms. The molecule has 0 unspecified atom stereocenters. The summed E-state index contributed by atoms with van der Waals surface area (Å²) in [6.45, 7) is 1.84. The molecule has 8 heteroatoms. The highest BCUT2D eigenvalue weighted by atomic mass is 32.2. The largest absolute Gasteiger partial charge is 0.375 e. The van der Waals surface area contributed by atoms with E-state index in [0.717, 1.165) is 12.8 Å². The first kappa shape index (κ1) is 15.2. The number of carbonyl (C=O) groups is 1. The molecule has 1 saturated carbocycles. The van der Waals surface area contributed by atoms with Crippen LogP contribution in [-0.2, 0) is 14.8 Å². The predicted octanol–water partition coefficient (Wildman–Crippen LogP) is 0.422. The SMILES string of the molecule is O=C(c1cc[nH]c1)N1CC[C@@H]2OCCN(S(=O)(=O)C3CC3)[C@H]2C1. The number of ether oxygens (including phenoxy) is 1. The first-order chi connectivity index (χ1) is 11.1. The number of hydrogen-bond donors (Lipinski definition) is 1. The molecule has 1 N–H and O–H groups in total. The zero-order chi connectivity index (χ0) is 16.0. The zero-order valence-electron chi connectivity index (χ0n) is 12.8. The third kappa shape index (κ3) is 2.68. The van der Waals surface area contributed by atoms with Crippen LogP contribution in [-0.4, -0.2) is 72.2 Å². The number of nitrogens with zero attached hydrogens (tertiary/aromatic N) is 2. The van der Waals surface area contributed by atoms with Gasteiger partial charge < -0.3 is 14.6 Å². The Morgan fingerprint density at radius 3 is 2.78 bits per heavy atom. The van der Waals surface area contributed by atoms with E-state index in [0.29, 0.717) is 38.2 Å². The van der Waals surface area contributed by atoms with Crippen molar-refractivity contribution in [3.8, 4) is 0 Å². The Morgan fingerprint density at radius 1 is 1.26 bits per heavy atom. The molecule has 3 fully saturated rings. The van der Waals surface area contributed by atoms with Crippen LogP contribution in [0.1, 0.15) is 29.6 Å². The number of morpholine rings is 1. The lowest BCUT2D eigenvalue weighted by molar-refractivity contribution is -0.0706. The van der Waals surface area contributed by atoms with E-state index in [2.05, 4.69) is 4.98 Å². The molecule has 2 aliphatic heterocycles. The molecule has 1 aromatic rings. The van der Waals surface area contributed by atoms with Crippen LogP contribution in [0.4, 0.5) is 0 Å². The number of likely N-dealkylation sites (tertiary alicyclic amines) is 1. The summed E-state index contributed by atoms with van der Waals surface area (Å²) >= 11 is 0. The molecule has 1 aliphatic carbocycles. The van der Waals surface area contributed by atoms with Gasteiger partial charge in [0, 0.05) is 32.0 Å². The van der Waals surface area contributed by atoms with Gasteiger partial charge in [-0.3, -0.25) is 4.79 Å². The van der Waals surface area contributed by atoms with Crippen LogP contribution >= 0.6 is 0 Å². The van der Waals surface area contributed by atoms with Gasteiger partial charge in [0.05, 0.1) is 29.6 Å². The van der Waals surface area contributed by atoms with Gasteiger partial charge in [0.2, 0.25) is 10.0 Å². The highest BCUT2D eigenvalue weighted by Gasteiger charge is 2.48. The van der Waals surface area contributed by atoms with Gasteiger partial charge in [0.1, 0.15) is 0 Å². The number of H-pyrrole nitrogens is 1. The van der Waals surface area contributed by atoms with Gasteiger partial charge in [-0.1, -0.05) is 0 Å². The van der Waals surface area contributed by atoms with E-state index in [1.165, 1.54) is 0 Å². The number of rotatable bonds is 3. The van der Waals surface area contributed by atoms with Gasteiger partial charge in [-0.05, 0) is 25.3 Å². The molecule has 3 aliphatic rings. The summed E-state index contributed by atoms with van der Waals surface area (Å²) in [5.74, 6) is -0.0564. The van der Waals surface area contributed by atoms with Crippen molar-refractivity contribution in [1.82, 2.24) is 14.2 Å². The van der Waals surface area contributed by atoms with Gasteiger partial charge >= 0.3 is 0 Å². The van der Waals surface area contributed by atoms with E-state index in [4.69, 9.17) is 4.74 Å². The van der Waals surface area contributed by atoms with Gasteiger partial charge in [-0.25, -0.2) is 8.42 Å². The van der Waals surface area contributed by atoms with Crippen LogP contribution in [0.5, 0.6) is 0 Å². The van der Waals surface area contributed by atoms with Crippen molar-refractivity contribution >= 4 is 15.9 Å². The zero-order valence-corrected chi connectivity index (χ0v) is 13.7. The van der Waals surface area contributed by atoms with E-state index in [9.17, 15) is 13.2 Å². The van der Waals surface area contributed by atoms with Crippen LogP contribution in [0.3, 0.4) is 0 Å². The maximum absolute atomic E-state index is 12.7. The Balaban J connectivity index is 1.55. The minimum atomic E-state index is -3.25. The Morgan fingerprint density at radius 2 is 2.09 bits per heavy atom. The summed E-state index contributed by atoms with van der Waals surface area (Å²) in [5, 5.41) is -0.225. The molecule has 3 heterocycles. The lowest BCUT2D eigenvalue weighted by Gasteiger charge is -2.46. The third-order valence-electron chi connectivity index (χ3n) is 4.94. The minimum Gasteiger partial charge on any atom is -0.375 e. The second kappa shape index (κ2) is 5.61. The number of piperidine rings is 1. The van der Waals surface area contributed by atoms with Crippen LogP contribution in [0.25, 0.3) is 0 Å². The third-order valence-corrected chi connectivity index (χ3v) is 7.36. The summed E-state index contributed by atoms with van der Waals surface area (Å²) in [6, 6.07) is 1.48. The fourth-order valence-electron chi connectivity index (χ4n) is 3.54. The molecule has 0 spiro atoms. The lowest BCUT2D eigenvalue weighted by atomic mass is 10.00. The Labute approximate surface area is 135 Å². The molecule has 0 radical (unpaired) electrons. The molecule has 7 nitrogen and oxygen atoms in total. The molecule has 126 valence electrons. The maximum atomic E-state index is 12.7. The summed E-state index contributed by atoms with van der Waals surface area (Å²) in [7, 11) is -3.25. The first-order valence-electron chi connectivity index (χ1n) is 8.11. The molecular formula is C15H21N3O4S. The van der Waals surface area contributed by atoms with Gasteiger partial charge in [-0.15, -0.1) is 0 Å². The van der Waals surface area contributed by atoms with Crippen molar-refractivity contribution in [2.24, 2.45) is 0 Å². The summed E-state index contributed by atoms with van der Waals surface area (Å²) in [5.41, 5.74) is 0.608. The topological polar surface area (TPSA) is 82.7 Å². The summed E-state index contributed by atoms with van der Waals surface area (Å²) < 4.78 is 32.7. The van der Waals surface area contributed by atoms with Crippen LogP contribution in [0.15, 0.2) is 18.5 Å². The van der Waals surface area contributed by atoms with Gasteiger partial charge in [0.25, 0.3) is 5.91 Å².